The minimum atomic E-state index is -0.414. The van der Waals surface area contributed by atoms with E-state index in [9.17, 15) is 0 Å². The molecule has 1 aliphatic carbocycles. The lowest BCUT2D eigenvalue weighted by atomic mass is 9.82. The Kier molecular flexibility index (Phi) is 6.27. The molecule has 0 saturated carbocycles. The van der Waals surface area contributed by atoms with E-state index < -0.39 is 5.41 Å². The van der Waals surface area contributed by atoms with Gasteiger partial charge in [-0.15, -0.1) is 0 Å². The van der Waals surface area contributed by atoms with Crippen LogP contribution >= 0.6 is 0 Å². The summed E-state index contributed by atoms with van der Waals surface area (Å²) in [6, 6.07) is 61.4. The predicted molar refractivity (Wildman–Crippen MR) is 249 cm³/mol. The van der Waals surface area contributed by atoms with Crippen molar-refractivity contribution >= 4 is 43.6 Å². The Hall–Kier alpha value is -7.42. The zero-order valence-corrected chi connectivity index (χ0v) is 32.6. The molecule has 0 N–H and O–H groups in total. The summed E-state index contributed by atoms with van der Waals surface area (Å²) in [6.07, 6.45) is 0. The van der Waals surface area contributed by atoms with Crippen molar-refractivity contribution in [1.29, 1.82) is 0 Å². The second-order valence-corrected chi connectivity index (χ2v) is 16.2. The Labute approximate surface area is 350 Å². The first-order valence-electron chi connectivity index (χ1n) is 22.7. The average molecular weight is 758 g/mol. The molecule has 0 radical (unpaired) electrons. The highest BCUT2D eigenvalue weighted by molar-refractivity contribution is 6.13. The third-order valence-corrected chi connectivity index (χ3v) is 12.6. The van der Waals surface area contributed by atoms with Gasteiger partial charge in [0.05, 0.1) is 28.9 Å². The molecule has 0 spiro atoms. The Morgan fingerprint density at radius 2 is 0.932 bits per heavy atom. The first kappa shape index (κ1) is 28.9. The molecule has 11 aromatic rings. The van der Waals surface area contributed by atoms with E-state index in [1.54, 1.807) is 0 Å². The van der Waals surface area contributed by atoms with E-state index in [1.807, 2.05) is 12.1 Å². The lowest BCUT2D eigenvalue weighted by Gasteiger charge is -2.22. The molecule has 2 nitrogen and oxygen atoms in total. The number of fused-ring (bicyclic) bond motifs is 9. The molecule has 2 heteroatoms. The van der Waals surface area contributed by atoms with Crippen LogP contribution < -0.4 is 0 Å². The van der Waals surface area contributed by atoms with E-state index >= 15 is 0 Å². The molecule has 0 bridgehead atoms. The molecular formula is C57H40N2. The van der Waals surface area contributed by atoms with Gasteiger partial charge in [0.2, 0.25) is 0 Å². The van der Waals surface area contributed by atoms with Gasteiger partial charge in [-0.1, -0.05) is 159 Å². The zero-order chi connectivity index (χ0) is 43.6. The molecule has 9 aromatic carbocycles. The Bertz CT molecular complexity index is 3740. The summed E-state index contributed by atoms with van der Waals surface area (Å²) in [4.78, 5) is 0. The fraction of sp³-hybridized carbons (Fsp3) is 0.0526. The van der Waals surface area contributed by atoms with Crippen LogP contribution in [0.15, 0.2) is 206 Å². The fourth-order valence-corrected chi connectivity index (χ4v) is 9.82. The summed E-state index contributed by atoms with van der Waals surface area (Å²) in [5.74, 6) is 0. The first-order chi connectivity index (χ1) is 31.1. The monoisotopic (exact) mass is 757 g/mol. The lowest BCUT2D eigenvalue weighted by Crippen LogP contribution is -2.15. The van der Waals surface area contributed by atoms with Crippen LogP contribution in [0, 0.1) is 0 Å². The number of rotatable bonds is 5. The van der Waals surface area contributed by atoms with Gasteiger partial charge in [0.1, 0.15) is 0 Å². The SMILES string of the molecule is [2H]c1c([2H])c([2H])c(-c2cccc3c2-c2ccc(-n4c5ccccc5c5cc(-c6ccc7c(c6)c6ccccc6n7-c6cccc(-c7ccccc7)c6)ccc54)cc2C3(C)C)c([2H])c1[2H]. The van der Waals surface area contributed by atoms with E-state index in [2.05, 4.69) is 187 Å². The van der Waals surface area contributed by atoms with Crippen molar-refractivity contribution < 1.29 is 6.85 Å². The maximum atomic E-state index is 8.83. The predicted octanol–water partition coefficient (Wildman–Crippen LogP) is 15.2. The minimum absolute atomic E-state index is 0.191. The normalized spacial score (nSPS) is 14.2. The van der Waals surface area contributed by atoms with Gasteiger partial charge >= 0.3 is 0 Å². The number of aromatic nitrogens is 2. The second kappa shape index (κ2) is 12.8. The van der Waals surface area contributed by atoms with Gasteiger partial charge in [0.25, 0.3) is 0 Å². The van der Waals surface area contributed by atoms with E-state index in [4.69, 9.17) is 6.85 Å². The van der Waals surface area contributed by atoms with E-state index in [-0.39, 0.29) is 35.8 Å². The van der Waals surface area contributed by atoms with Gasteiger partial charge < -0.3 is 9.13 Å². The van der Waals surface area contributed by atoms with E-state index in [0.717, 1.165) is 61.3 Å². The van der Waals surface area contributed by atoms with Crippen LogP contribution in [0.5, 0.6) is 0 Å². The molecule has 2 aromatic heterocycles. The second-order valence-electron chi connectivity index (χ2n) is 16.2. The maximum Gasteiger partial charge on any atom is 0.0629 e. The lowest BCUT2D eigenvalue weighted by molar-refractivity contribution is 0.660. The number of hydrogen-bond acceptors (Lipinski definition) is 0. The summed E-state index contributed by atoms with van der Waals surface area (Å²) in [6.45, 7) is 4.42. The Balaban J connectivity index is 0.984. The first-order valence-corrected chi connectivity index (χ1v) is 20.2. The zero-order valence-electron chi connectivity index (χ0n) is 37.6. The molecule has 1 aliphatic rings. The smallest absolute Gasteiger partial charge is 0.0629 e. The molecule has 0 aliphatic heterocycles. The summed E-state index contributed by atoms with van der Waals surface area (Å²) in [5.41, 5.74) is 16.0. The Morgan fingerprint density at radius 1 is 0.373 bits per heavy atom. The molecule has 2 heterocycles. The Morgan fingerprint density at radius 3 is 1.61 bits per heavy atom. The van der Waals surface area contributed by atoms with Crippen molar-refractivity contribution in [3.63, 3.8) is 0 Å². The van der Waals surface area contributed by atoms with Crippen molar-refractivity contribution in [3.05, 3.63) is 217 Å². The topological polar surface area (TPSA) is 9.86 Å². The van der Waals surface area contributed by atoms with Crippen LogP contribution in [0.3, 0.4) is 0 Å². The van der Waals surface area contributed by atoms with Crippen molar-refractivity contribution in [2.45, 2.75) is 19.3 Å². The van der Waals surface area contributed by atoms with Crippen molar-refractivity contribution in [1.82, 2.24) is 9.13 Å². The summed E-state index contributed by atoms with van der Waals surface area (Å²) in [7, 11) is 0. The molecule has 278 valence electrons. The van der Waals surface area contributed by atoms with Crippen molar-refractivity contribution in [3.8, 4) is 55.9 Å². The largest absolute Gasteiger partial charge is 0.309 e. The van der Waals surface area contributed by atoms with Gasteiger partial charge in [-0.25, -0.2) is 0 Å². The third-order valence-electron chi connectivity index (χ3n) is 12.6. The van der Waals surface area contributed by atoms with Crippen LogP contribution in [0.1, 0.15) is 31.8 Å². The molecule has 0 saturated heterocycles. The molecule has 0 atom stereocenters. The average Bonchev–Trinajstić information content (AvgIpc) is 3.93. The fourth-order valence-electron chi connectivity index (χ4n) is 9.82. The summed E-state index contributed by atoms with van der Waals surface area (Å²) >= 11 is 0. The van der Waals surface area contributed by atoms with Crippen LogP contribution in [0.2, 0.25) is 0 Å². The third kappa shape index (κ3) is 5.06. The number of benzene rings is 9. The highest BCUT2D eigenvalue weighted by atomic mass is 15.0. The van der Waals surface area contributed by atoms with Crippen LogP contribution in [-0.4, -0.2) is 9.13 Å². The number of nitrogens with zero attached hydrogens (tertiary/aromatic N) is 2. The summed E-state index contributed by atoms with van der Waals surface area (Å²) in [5, 5.41) is 4.75. The highest BCUT2D eigenvalue weighted by Crippen LogP contribution is 2.53. The van der Waals surface area contributed by atoms with E-state index in [1.165, 1.54) is 38.2 Å². The molecule has 12 rings (SSSR count). The number of para-hydroxylation sites is 2. The highest BCUT2D eigenvalue weighted by Gasteiger charge is 2.37. The van der Waals surface area contributed by atoms with Crippen molar-refractivity contribution in [2.24, 2.45) is 0 Å². The number of hydrogen-bond donors (Lipinski definition) is 0. The van der Waals surface area contributed by atoms with Gasteiger partial charge in [0, 0.05) is 38.3 Å². The molecule has 59 heavy (non-hydrogen) atoms. The van der Waals surface area contributed by atoms with E-state index in [0.29, 0.717) is 5.56 Å². The van der Waals surface area contributed by atoms with Crippen molar-refractivity contribution in [2.75, 3.05) is 0 Å². The van der Waals surface area contributed by atoms with Crippen LogP contribution in [0.4, 0.5) is 0 Å². The standard InChI is InChI=1S/C57H40N2/c1-57(2)50-24-14-23-44(38-17-7-4-8-18-38)56(50)47-30-29-43(36-51(47)57)59-53-26-12-10-22-46(53)49-35-41(28-32-55(49)59)40-27-31-54-48(34-40)45-21-9-11-25-52(45)58(54)42-20-13-19-39(33-42)37-15-5-3-6-16-37/h3-36H,1-2H3/i4D,7D,8D,17D,18D. The molecule has 0 fully saturated rings. The van der Waals surface area contributed by atoms with Crippen LogP contribution in [0.25, 0.3) is 99.5 Å². The van der Waals surface area contributed by atoms with Gasteiger partial charge in [-0.3, -0.25) is 0 Å². The van der Waals surface area contributed by atoms with Gasteiger partial charge in [-0.2, -0.15) is 0 Å². The summed E-state index contributed by atoms with van der Waals surface area (Å²) < 4.78 is 47.4. The quantitative estimate of drug-likeness (QED) is 0.165. The van der Waals surface area contributed by atoms with Gasteiger partial charge in [-0.05, 0) is 116 Å². The van der Waals surface area contributed by atoms with Crippen LogP contribution in [-0.2, 0) is 5.41 Å². The molecule has 0 unspecified atom stereocenters. The minimum Gasteiger partial charge on any atom is -0.309 e. The maximum absolute atomic E-state index is 8.83. The van der Waals surface area contributed by atoms with Gasteiger partial charge in [0.15, 0.2) is 0 Å². The molecule has 0 amide bonds. The molecular weight excluding hydrogens is 713 g/mol.